The monoisotopic (exact) mass is 154 g/mol. The van der Waals surface area contributed by atoms with E-state index in [1.54, 1.807) is 0 Å². The van der Waals surface area contributed by atoms with Gasteiger partial charge in [0.25, 0.3) is 0 Å². The van der Waals surface area contributed by atoms with Crippen molar-refractivity contribution < 1.29 is 5.11 Å². The number of nitrogens with zero attached hydrogens (tertiary/aromatic N) is 2. The van der Waals surface area contributed by atoms with Gasteiger partial charge in [0, 0.05) is 17.8 Å². The normalized spacial score (nSPS) is 10.5. The van der Waals surface area contributed by atoms with E-state index in [-0.39, 0.29) is 5.88 Å². The molecule has 3 heteroatoms. The highest BCUT2D eigenvalue weighted by atomic mass is 16.3. The maximum Gasteiger partial charge on any atom is 0.233 e. The summed E-state index contributed by atoms with van der Waals surface area (Å²) in [5, 5.41) is 13.2. The second-order valence-corrected chi connectivity index (χ2v) is 2.56. The summed E-state index contributed by atoms with van der Waals surface area (Å²) in [5.74, 6) is 0.170. The van der Waals surface area contributed by atoms with Crippen molar-refractivity contribution in [1.29, 1.82) is 0 Å². The molecule has 0 atom stereocenters. The summed E-state index contributed by atoms with van der Waals surface area (Å²) in [6.45, 7) is 6.80. The van der Waals surface area contributed by atoms with E-state index in [4.69, 9.17) is 0 Å². The van der Waals surface area contributed by atoms with Gasteiger partial charge < -0.3 is 5.11 Å². The summed E-state index contributed by atoms with van der Waals surface area (Å²) in [6.07, 6.45) is 0.924. The van der Waals surface area contributed by atoms with E-state index in [2.05, 4.69) is 12.0 Å². The van der Waals surface area contributed by atoms with Crippen LogP contribution in [-0.4, -0.2) is 14.9 Å². The minimum atomic E-state index is 0.170. The zero-order valence-electron chi connectivity index (χ0n) is 7.26. The highest BCUT2D eigenvalue weighted by Gasteiger charge is 2.09. The summed E-state index contributed by atoms with van der Waals surface area (Å²) in [6, 6.07) is 0. The molecule has 1 N–H and O–H groups in total. The van der Waals surface area contributed by atoms with Crippen LogP contribution >= 0.6 is 0 Å². The van der Waals surface area contributed by atoms with Crippen LogP contribution in [0.4, 0.5) is 0 Å². The van der Waals surface area contributed by atoms with Gasteiger partial charge in [-0.25, -0.2) is 0 Å². The summed E-state index contributed by atoms with van der Waals surface area (Å²) < 4.78 is 1.84. The molecule has 0 aliphatic heterocycles. The molecule has 0 aliphatic carbocycles. The first kappa shape index (κ1) is 8.11. The van der Waals surface area contributed by atoms with E-state index >= 15 is 0 Å². The molecule has 0 bridgehead atoms. The molecule has 0 amide bonds. The number of aromatic hydroxyl groups is 1. The fraction of sp³-hybridized carbons (Fsp3) is 0.625. The Kier molecular flexibility index (Phi) is 2.17. The van der Waals surface area contributed by atoms with Crippen molar-refractivity contribution in [2.45, 2.75) is 33.7 Å². The zero-order valence-corrected chi connectivity index (χ0v) is 7.26. The predicted octanol–water partition coefficient (Wildman–Crippen LogP) is 1.48. The van der Waals surface area contributed by atoms with E-state index in [0.29, 0.717) is 0 Å². The lowest BCUT2D eigenvalue weighted by atomic mass is 10.2. The SMILES string of the molecule is CCc1c(C)c(O)nn1CC. The van der Waals surface area contributed by atoms with Crippen LogP contribution in [0.1, 0.15) is 25.1 Å². The first-order valence-electron chi connectivity index (χ1n) is 3.95. The lowest BCUT2D eigenvalue weighted by Crippen LogP contribution is -2.01. The molecule has 62 valence electrons. The summed E-state index contributed by atoms with van der Waals surface area (Å²) in [7, 11) is 0. The molecule has 1 aromatic heterocycles. The van der Waals surface area contributed by atoms with Crippen molar-refractivity contribution in [3.8, 4) is 5.88 Å². The quantitative estimate of drug-likeness (QED) is 0.700. The highest BCUT2D eigenvalue weighted by molar-refractivity contribution is 5.28. The molecule has 0 unspecified atom stereocenters. The van der Waals surface area contributed by atoms with Gasteiger partial charge in [-0.2, -0.15) is 0 Å². The maximum absolute atomic E-state index is 9.25. The second kappa shape index (κ2) is 2.95. The molecule has 1 heterocycles. The first-order chi connectivity index (χ1) is 5.20. The van der Waals surface area contributed by atoms with Crippen molar-refractivity contribution in [1.82, 2.24) is 9.78 Å². The Morgan fingerprint density at radius 1 is 1.45 bits per heavy atom. The van der Waals surface area contributed by atoms with Crippen LogP contribution < -0.4 is 0 Å². The lowest BCUT2D eigenvalue weighted by molar-refractivity contribution is 0.436. The molecule has 1 aromatic rings. The molecule has 0 saturated carbocycles. The van der Waals surface area contributed by atoms with Crippen LogP contribution in [-0.2, 0) is 13.0 Å². The van der Waals surface area contributed by atoms with Gasteiger partial charge in [0.2, 0.25) is 5.88 Å². The van der Waals surface area contributed by atoms with Crippen LogP contribution in [0, 0.1) is 6.92 Å². The van der Waals surface area contributed by atoms with Gasteiger partial charge in [-0.15, -0.1) is 5.10 Å². The molecule has 0 aliphatic rings. The smallest absolute Gasteiger partial charge is 0.233 e. The molecular weight excluding hydrogens is 140 g/mol. The van der Waals surface area contributed by atoms with E-state index in [0.717, 1.165) is 24.2 Å². The first-order valence-corrected chi connectivity index (χ1v) is 3.95. The van der Waals surface area contributed by atoms with Gasteiger partial charge in [0.1, 0.15) is 0 Å². The molecule has 0 radical (unpaired) electrons. The Bertz CT molecular complexity index is 253. The number of aryl methyl sites for hydroxylation is 1. The van der Waals surface area contributed by atoms with Crippen LogP contribution in [0.5, 0.6) is 5.88 Å². The van der Waals surface area contributed by atoms with Gasteiger partial charge in [-0.05, 0) is 20.3 Å². The van der Waals surface area contributed by atoms with Crippen molar-refractivity contribution >= 4 is 0 Å². The molecular formula is C8H14N2O. The average Bonchev–Trinajstić information content (AvgIpc) is 2.28. The minimum absolute atomic E-state index is 0.170. The molecule has 0 saturated heterocycles. The molecule has 0 spiro atoms. The van der Waals surface area contributed by atoms with Crippen LogP contribution in [0.15, 0.2) is 0 Å². The third-order valence-corrected chi connectivity index (χ3v) is 1.93. The number of hydrogen-bond acceptors (Lipinski definition) is 2. The largest absolute Gasteiger partial charge is 0.492 e. The number of rotatable bonds is 2. The summed E-state index contributed by atoms with van der Waals surface area (Å²) >= 11 is 0. The Labute approximate surface area is 66.7 Å². The van der Waals surface area contributed by atoms with Crippen LogP contribution in [0.25, 0.3) is 0 Å². The van der Waals surface area contributed by atoms with Gasteiger partial charge in [0.15, 0.2) is 0 Å². The second-order valence-electron chi connectivity index (χ2n) is 2.56. The standard InChI is InChI=1S/C8H14N2O/c1-4-7-6(3)8(11)9-10(7)5-2/h4-5H2,1-3H3,(H,9,11). The molecule has 3 nitrogen and oxygen atoms in total. The molecule has 0 aromatic carbocycles. The highest BCUT2D eigenvalue weighted by Crippen LogP contribution is 2.18. The lowest BCUT2D eigenvalue weighted by Gasteiger charge is -2.00. The fourth-order valence-electron chi connectivity index (χ4n) is 1.28. The zero-order chi connectivity index (χ0) is 8.43. The predicted molar refractivity (Wildman–Crippen MR) is 43.7 cm³/mol. The number of hydrogen-bond donors (Lipinski definition) is 1. The summed E-state index contributed by atoms with van der Waals surface area (Å²) in [5.41, 5.74) is 2.04. The number of aromatic nitrogens is 2. The van der Waals surface area contributed by atoms with Crippen molar-refractivity contribution in [3.63, 3.8) is 0 Å². The van der Waals surface area contributed by atoms with E-state index < -0.39 is 0 Å². The Morgan fingerprint density at radius 3 is 2.45 bits per heavy atom. The molecule has 1 rings (SSSR count). The molecule has 0 fully saturated rings. The summed E-state index contributed by atoms with van der Waals surface area (Å²) in [4.78, 5) is 0. The third kappa shape index (κ3) is 1.23. The third-order valence-electron chi connectivity index (χ3n) is 1.93. The van der Waals surface area contributed by atoms with Crippen molar-refractivity contribution in [3.05, 3.63) is 11.3 Å². The minimum Gasteiger partial charge on any atom is -0.492 e. The Hall–Kier alpha value is -0.990. The van der Waals surface area contributed by atoms with Gasteiger partial charge in [-0.3, -0.25) is 4.68 Å². The van der Waals surface area contributed by atoms with Crippen LogP contribution in [0.2, 0.25) is 0 Å². The van der Waals surface area contributed by atoms with E-state index in [1.165, 1.54) is 0 Å². The average molecular weight is 154 g/mol. The molecule has 11 heavy (non-hydrogen) atoms. The Morgan fingerprint density at radius 2 is 2.09 bits per heavy atom. The van der Waals surface area contributed by atoms with E-state index in [9.17, 15) is 5.11 Å². The van der Waals surface area contributed by atoms with Crippen LogP contribution in [0.3, 0.4) is 0 Å². The van der Waals surface area contributed by atoms with Gasteiger partial charge >= 0.3 is 0 Å². The van der Waals surface area contributed by atoms with Crippen molar-refractivity contribution in [2.24, 2.45) is 0 Å². The Balaban J connectivity index is 3.15. The van der Waals surface area contributed by atoms with Gasteiger partial charge in [-0.1, -0.05) is 6.92 Å². The van der Waals surface area contributed by atoms with E-state index in [1.807, 2.05) is 18.5 Å². The topological polar surface area (TPSA) is 38.1 Å². The maximum atomic E-state index is 9.25. The van der Waals surface area contributed by atoms with Crippen molar-refractivity contribution in [2.75, 3.05) is 0 Å². The van der Waals surface area contributed by atoms with Gasteiger partial charge in [0.05, 0.1) is 0 Å². The fourth-order valence-corrected chi connectivity index (χ4v) is 1.28.